The Morgan fingerprint density at radius 1 is 1.26 bits per heavy atom. The first-order valence-corrected chi connectivity index (χ1v) is 11.8. The van der Waals surface area contributed by atoms with Crippen LogP contribution >= 0.6 is 39.3 Å². The van der Waals surface area contributed by atoms with E-state index in [9.17, 15) is 8.42 Å². The van der Waals surface area contributed by atoms with Crippen LogP contribution in [0.25, 0.3) is 0 Å². The van der Waals surface area contributed by atoms with Crippen LogP contribution in [0.15, 0.2) is 50.9 Å². The summed E-state index contributed by atoms with van der Waals surface area (Å²) in [6, 6.07) is 8.66. The molecule has 2 aromatic rings. The number of halogens is 2. The zero-order chi connectivity index (χ0) is 19.3. The predicted molar refractivity (Wildman–Crippen MR) is 109 cm³/mol. The van der Waals surface area contributed by atoms with Gasteiger partial charge in [-0.15, -0.1) is 11.8 Å². The summed E-state index contributed by atoms with van der Waals surface area (Å²) in [7, 11) is -3.51. The maximum Gasteiger partial charge on any atom is 0.244 e. The molecule has 6 nitrogen and oxygen atoms in total. The smallest absolute Gasteiger partial charge is 0.244 e. The van der Waals surface area contributed by atoms with E-state index < -0.39 is 10.0 Å². The number of hydrogen-bond acceptors (Lipinski definition) is 6. The molecule has 0 saturated carbocycles. The fourth-order valence-electron chi connectivity index (χ4n) is 2.43. The largest absolute Gasteiger partial charge is 0.492 e. The van der Waals surface area contributed by atoms with Crippen molar-refractivity contribution in [3.05, 3.63) is 46.0 Å². The van der Waals surface area contributed by atoms with Gasteiger partial charge in [0.1, 0.15) is 10.6 Å². The molecule has 0 unspecified atom stereocenters. The summed E-state index contributed by atoms with van der Waals surface area (Å²) in [5, 5.41) is 1.38. The van der Waals surface area contributed by atoms with Crippen molar-refractivity contribution in [1.82, 2.24) is 9.29 Å². The summed E-state index contributed by atoms with van der Waals surface area (Å²) in [6.45, 7) is 2.07. The quantitative estimate of drug-likeness (QED) is 0.433. The van der Waals surface area contributed by atoms with Gasteiger partial charge < -0.3 is 9.47 Å². The number of aromatic nitrogens is 1. The molecule has 1 aromatic heterocycles. The minimum absolute atomic E-state index is 0.204. The number of ether oxygens (including phenoxy) is 2. The van der Waals surface area contributed by atoms with E-state index in [4.69, 9.17) is 21.1 Å². The van der Waals surface area contributed by atoms with Crippen LogP contribution in [0.1, 0.15) is 0 Å². The fraction of sp³-hybridized carbons (Fsp3) is 0.353. The zero-order valence-corrected chi connectivity index (χ0v) is 18.3. The van der Waals surface area contributed by atoms with Crippen LogP contribution in [-0.4, -0.2) is 56.4 Å². The van der Waals surface area contributed by atoms with Crippen molar-refractivity contribution in [2.45, 2.75) is 9.92 Å². The van der Waals surface area contributed by atoms with Crippen LogP contribution in [0.4, 0.5) is 0 Å². The number of morpholine rings is 1. The van der Waals surface area contributed by atoms with Crippen LogP contribution in [0, 0.1) is 0 Å². The highest BCUT2D eigenvalue weighted by atomic mass is 79.9. The van der Waals surface area contributed by atoms with Crippen molar-refractivity contribution in [2.75, 3.05) is 38.7 Å². The summed E-state index contributed by atoms with van der Waals surface area (Å²) >= 11 is 10.8. The molecular weight excluding hydrogens is 476 g/mol. The van der Waals surface area contributed by atoms with Gasteiger partial charge in [0.05, 0.1) is 29.3 Å². The van der Waals surface area contributed by atoms with Gasteiger partial charge in [0.15, 0.2) is 0 Å². The summed E-state index contributed by atoms with van der Waals surface area (Å²) in [6.07, 6.45) is 1.41. The zero-order valence-electron chi connectivity index (χ0n) is 14.3. The minimum atomic E-state index is -3.51. The summed E-state index contributed by atoms with van der Waals surface area (Å²) < 4.78 is 38.3. The van der Waals surface area contributed by atoms with Crippen LogP contribution in [0.3, 0.4) is 0 Å². The van der Waals surface area contributed by atoms with Gasteiger partial charge in [0.2, 0.25) is 10.0 Å². The highest BCUT2D eigenvalue weighted by Gasteiger charge is 2.26. The van der Waals surface area contributed by atoms with Gasteiger partial charge in [-0.05, 0) is 46.3 Å². The number of sulfonamides is 1. The molecule has 1 aliphatic rings. The highest BCUT2D eigenvalue weighted by Crippen LogP contribution is 2.28. The van der Waals surface area contributed by atoms with Crippen molar-refractivity contribution in [2.24, 2.45) is 0 Å². The standard InChI is InChI=1S/C17H18BrClN2O4S2/c18-15-11-13(19)1-3-16(15)25-9-10-26-17-4-2-14(12-20-17)27(22,23)21-5-7-24-8-6-21/h1-4,11-12H,5-10H2. The fourth-order valence-corrected chi connectivity index (χ4v) is 5.25. The molecule has 0 radical (unpaired) electrons. The van der Waals surface area contributed by atoms with Gasteiger partial charge in [-0.3, -0.25) is 0 Å². The van der Waals surface area contributed by atoms with Crippen LogP contribution in [0.5, 0.6) is 5.75 Å². The molecule has 1 fully saturated rings. The minimum Gasteiger partial charge on any atom is -0.492 e. The van der Waals surface area contributed by atoms with E-state index in [1.54, 1.807) is 30.3 Å². The first-order valence-electron chi connectivity index (χ1n) is 8.21. The molecule has 1 aliphatic heterocycles. The lowest BCUT2D eigenvalue weighted by Gasteiger charge is -2.25. The summed E-state index contributed by atoms with van der Waals surface area (Å²) in [5.74, 6) is 1.40. The van der Waals surface area contributed by atoms with E-state index in [1.807, 2.05) is 0 Å². The average molecular weight is 494 g/mol. The van der Waals surface area contributed by atoms with Crippen molar-refractivity contribution < 1.29 is 17.9 Å². The third kappa shape index (κ3) is 5.58. The van der Waals surface area contributed by atoms with Crippen molar-refractivity contribution in [3.63, 3.8) is 0 Å². The van der Waals surface area contributed by atoms with Gasteiger partial charge in [-0.2, -0.15) is 4.31 Å². The highest BCUT2D eigenvalue weighted by molar-refractivity contribution is 9.10. The number of hydrogen-bond donors (Lipinski definition) is 0. The number of benzene rings is 1. The van der Waals surface area contributed by atoms with E-state index >= 15 is 0 Å². The third-order valence-corrected chi connectivity index (χ3v) is 7.45. The Morgan fingerprint density at radius 3 is 2.70 bits per heavy atom. The summed E-state index contributed by atoms with van der Waals surface area (Å²) in [5.41, 5.74) is 0. The van der Waals surface area contributed by atoms with E-state index in [0.717, 1.165) is 15.2 Å². The number of nitrogens with zero attached hydrogens (tertiary/aromatic N) is 2. The first kappa shape index (κ1) is 20.9. The van der Waals surface area contributed by atoms with Crippen LogP contribution in [0.2, 0.25) is 5.02 Å². The van der Waals surface area contributed by atoms with Crippen molar-refractivity contribution in [3.8, 4) is 5.75 Å². The topological polar surface area (TPSA) is 68.7 Å². The Morgan fingerprint density at radius 2 is 2.04 bits per heavy atom. The van der Waals surface area contributed by atoms with Crippen molar-refractivity contribution >= 4 is 49.3 Å². The second kappa shape index (κ2) is 9.58. The Labute approximate surface area is 176 Å². The molecule has 3 rings (SSSR count). The van der Waals surface area contributed by atoms with E-state index in [0.29, 0.717) is 43.7 Å². The third-order valence-electron chi connectivity index (χ3n) is 3.80. The van der Waals surface area contributed by atoms with Crippen molar-refractivity contribution in [1.29, 1.82) is 0 Å². The molecule has 0 N–H and O–H groups in total. The second-order valence-corrected chi connectivity index (χ2v) is 9.96. The van der Waals surface area contributed by atoms with Gasteiger partial charge in [-0.1, -0.05) is 11.6 Å². The molecule has 1 saturated heterocycles. The van der Waals surface area contributed by atoms with Gasteiger partial charge in [0, 0.05) is 30.1 Å². The molecule has 27 heavy (non-hydrogen) atoms. The summed E-state index contributed by atoms with van der Waals surface area (Å²) in [4.78, 5) is 4.46. The Balaban J connectivity index is 1.51. The Hall–Kier alpha value is -0.840. The molecule has 0 bridgehead atoms. The van der Waals surface area contributed by atoms with Gasteiger partial charge in [-0.25, -0.2) is 13.4 Å². The molecule has 10 heteroatoms. The molecule has 146 valence electrons. The van der Waals surface area contributed by atoms with E-state index in [-0.39, 0.29) is 4.90 Å². The Kier molecular flexibility index (Phi) is 7.41. The monoisotopic (exact) mass is 492 g/mol. The molecule has 2 heterocycles. The SMILES string of the molecule is O=S(=O)(c1ccc(SCCOc2ccc(Cl)cc2Br)nc1)N1CCOCC1. The average Bonchev–Trinajstić information content (AvgIpc) is 2.68. The normalized spacial score (nSPS) is 15.6. The maximum absolute atomic E-state index is 12.6. The number of pyridine rings is 1. The number of rotatable bonds is 7. The van der Waals surface area contributed by atoms with E-state index in [2.05, 4.69) is 20.9 Å². The van der Waals surface area contributed by atoms with Crippen LogP contribution in [-0.2, 0) is 14.8 Å². The molecule has 0 aliphatic carbocycles. The van der Waals surface area contributed by atoms with E-state index in [1.165, 1.54) is 22.3 Å². The lowest BCUT2D eigenvalue weighted by molar-refractivity contribution is 0.0730. The first-order chi connectivity index (χ1) is 13.0. The molecule has 0 amide bonds. The lowest BCUT2D eigenvalue weighted by Crippen LogP contribution is -2.40. The maximum atomic E-state index is 12.6. The lowest BCUT2D eigenvalue weighted by atomic mass is 10.3. The predicted octanol–water partition coefficient (Wildman–Crippen LogP) is 3.69. The van der Waals surface area contributed by atoms with Gasteiger partial charge >= 0.3 is 0 Å². The molecule has 1 aromatic carbocycles. The molecule has 0 atom stereocenters. The second-order valence-electron chi connectivity index (χ2n) is 5.62. The molecular formula is C17H18BrClN2O4S2. The van der Waals surface area contributed by atoms with Gasteiger partial charge in [0.25, 0.3) is 0 Å². The van der Waals surface area contributed by atoms with Crippen LogP contribution < -0.4 is 4.74 Å². The number of thioether (sulfide) groups is 1. The Bertz CT molecular complexity index is 875. The molecule has 0 spiro atoms.